The molecule has 0 saturated carbocycles. The van der Waals surface area contributed by atoms with Crippen molar-refractivity contribution in [3.8, 4) is 0 Å². The highest BCUT2D eigenvalue weighted by molar-refractivity contribution is 7.86. The van der Waals surface area contributed by atoms with Gasteiger partial charge in [0.25, 0.3) is 10.2 Å². The molecule has 3 aliphatic rings. The number of likely N-dealkylation sites (tertiary alicyclic amines) is 1. The fourth-order valence-corrected chi connectivity index (χ4v) is 5.34. The van der Waals surface area contributed by atoms with E-state index in [1.807, 2.05) is 0 Å². The van der Waals surface area contributed by atoms with Crippen molar-refractivity contribution >= 4 is 16.1 Å². The van der Waals surface area contributed by atoms with Gasteiger partial charge in [-0.15, -0.1) is 0 Å². The van der Waals surface area contributed by atoms with Crippen molar-refractivity contribution in [3.05, 3.63) is 0 Å². The number of hydrogen-bond donors (Lipinski definition) is 0. The average molecular weight is 369 g/mol. The van der Waals surface area contributed by atoms with E-state index in [0.717, 1.165) is 17.1 Å². The highest BCUT2D eigenvalue weighted by Gasteiger charge is 2.52. The minimum Gasteiger partial charge on any atom is -0.342 e. The molecular weight excluding hydrogens is 347 g/mol. The van der Waals surface area contributed by atoms with Gasteiger partial charge in [-0.2, -0.15) is 30.2 Å². The van der Waals surface area contributed by atoms with Crippen LogP contribution in [0.4, 0.5) is 13.2 Å². The Morgan fingerprint density at radius 1 is 0.917 bits per heavy atom. The Hall–Kier alpha value is -0.870. The second kappa shape index (κ2) is 6.45. The molecule has 0 aromatic rings. The number of halogens is 3. The van der Waals surface area contributed by atoms with Crippen LogP contribution in [0.15, 0.2) is 0 Å². The van der Waals surface area contributed by atoms with Crippen molar-refractivity contribution in [2.75, 3.05) is 39.3 Å². The zero-order chi connectivity index (χ0) is 17.5. The van der Waals surface area contributed by atoms with E-state index in [1.165, 1.54) is 4.31 Å². The zero-order valence-corrected chi connectivity index (χ0v) is 14.2. The number of carbonyl (C=O) groups is 1. The third-order valence-corrected chi connectivity index (χ3v) is 7.05. The second-order valence-corrected chi connectivity index (χ2v) is 8.72. The third kappa shape index (κ3) is 3.41. The number of amides is 1. The average Bonchev–Trinajstić information content (AvgIpc) is 2.97. The van der Waals surface area contributed by atoms with Crippen LogP contribution in [0.3, 0.4) is 0 Å². The summed E-state index contributed by atoms with van der Waals surface area (Å²) in [7, 11) is -3.91. The van der Waals surface area contributed by atoms with Crippen molar-refractivity contribution in [1.82, 2.24) is 13.5 Å². The summed E-state index contributed by atoms with van der Waals surface area (Å²) in [5.41, 5.74) is 0. The van der Waals surface area contributed by atoms with Crippen LogP contribution in [0.1, 0.15) is 25.7 Å². The number of alkyl halides is 3. The van der Waals surface area contributed by atoms with Crippen LogP contribution >= 0.6 is 0 Å². The summed E-state index contributed by atoms with van der Waals surface area (Å²) in [6.07, 6.45) is -1.24. The van der Waals surface area contributed by atoms with Crippen LogP contribution < -0.4 is 0 Å². The van der Waals surface area contributed by atoms with E-state index in [1.54, 1.807) is 4.90 Å². The Morgan fingerprint density at radius 2 is 1.54 bits per heavy atom. The van der Waals surface area contributed by atoms with E-state index < -0.39 is 35.4 Å². The summed E-state index contributed by atoms with van der Waals surface area (Å²) in [5, 5.41) is 0. The topological polar surface area (TPSA) is 60.9 Å². The van der Waals surface area contributed by atoms with Gasteiger partial charge in [-0.25, -0.2) is 0 Å². The first kappa shape index (κ1) is 17.9. The number of piperidine rings is 1. The Bertz CT molecular complexity index is 584. The van der Waals surface area contributed by atoms with Gasteiger partial charge in [-0.3, -0.25) is 4.79 Å². The summed E-state index contributed by atoms with van der Waals surface area (Å²) in [6.45, 7) is 0.716. The maximum atomic E-state index is 12.6. The van der Waals surface area contributed by atoms with Crippen molar-refractivity contribution < 1.29 is 26.4 Å². The molecule has 0 unspecified atom stereocenters. The molecule has 3 aliphatic heterocycles. The first-order chi connectivity index (χ1) is 11.2. The van der Waals surface area contributed by atoms with Gasteiger partial charge in [-0.05, 0) is 25.7 Å². The van der Waals surface area contributed by atoms with Crippen molar-refractivity contribution in [2.45, 2.75) is 31.9 Å². The predicted octanol–water partition coefficient (Wildman–Crippen LogP) is 1.06. The molecule has 1 atom stereocenters. The van der Waals surface area contributed by atoms with Crippen LogP contribution in [0, 0.1) is 11.8 Å². The van der Waals surface area contributed by atoms with Gasteiger partial charge < -0.3 is 4.90 Å². The monoisotopic (exact) mass is 369 g/mol. The zero-order valence-electron chi connectivity index (χ0n) is 13.3. The molecule has 0 N–H and O–H groups in total. The molecule has 0 aromatic heterocycles. The number of hydrogen-bond acceptors (Lipinski definition) is 3. The van der Waals surface area contributed by atoms with E-state index in [-0.39, 0.29) is 24.9 Å². The molecule has 0 spiro atoms. The van der Waals surface area contributed by atoms with E-state index in [2.05, 4.69) is 0 Å². The molecule has 0 radical (unpaired) electrons. The fourth-order valence-electron chi connectivity index (χ4n) is 3.55. The van der Waals surface area contributed by atoms with Gasteiger partial charge in [0.2, 0.25) is 5.91 Å². The molecule has 138 valence electrons. The Balaban J connectivity index is 1.61. The number of carbonyl (C=O) groups excluding carboxylic acids is 1. The van der Waals surface area contributed by atoms with Crippen LogP contribution in [-0.2, 0) is 15.0 Å². The summed E-state index contributed by atoms with van der Waals surface area (Å²) in [6, 6.07) is 0. The van der Waals surface area contributed by atoms with E-state index in [4.69, 9.17) is 0 Å². The van der Waals surface area contributed by atoms with Gasteiger partial charge in [0.15, 0.2) is 0 Å². The number of rotatable bonds is 3. The lowest BCUT2D eigenvalue weighted by Gasteiger charge is -2.43. The Morgan fingerprint density at radius 3 is 2.12 bits per heavy atom. The van der Waals surface area contributed by atoms with Crippen LogP contribution in [-0.4, -0.2) is 73.3 Å². The van der Waals surface area contributed by atoms with Crippen molar-refractivity contribution in [2.24, 2.45) is 11.8 Å². The highest BCUT2D eigenvalue weighted by Crippen LogP contribution is 2.36. The van der Waals surface area contributed by atoms with E-state index >= 15 is 0 Å². The fraction of sp³-hybridized carbons (Fsp3) is 0.929. The van der Waals surface area contributed by atoms with Gasteiger partial charge in [0, 0.05) is 39.3 Å². The summed E-state index contributed by atoms with van der Waals surface area (Å²) >= 11 is 0. The standard InChI is InChI=1S/C14H22F3N3O3S/c15-14(16,17)12-9-20(10-12)24(22,23)19-7-3-4-11(8-19)13(21)18-5-1-2-6-18/h11-12H,1-10H2/t11-/m0/s1. The number of nitrogens with zero attached hydrogens (tertiary/aromatic N) is 3. The lowest BCUT2D eigenvalue weighted by molar-refractivity contribution is -0.198. The van der Waals surface area contributed by atoms with Crippen molar-refractivity contribution in [3.63, 3.8) is 0 Å². The predicted molar refractivity (Wildman–Crippen MR) is 80.1 cm³/mol. The molecule has 6 nitrogen and oxygen atoms in total. The van der Waals surface area contributed by atoms with Crippen LogP contribution in [0.2, 0.25) is 0 Å². The Labute approximate surface area is 139 Å². The third-order valence-electron chi connectivity index (χ3n) is 5.11. The lowest BCUT2D eigenvalue weighted by Crippen LogP contribution is -2.60. The maximum absolute atomic E-state index is 12.6. The molecule has 3 heterocycles. The minimum atomic E-state index is -4.36. The van der Waals surface area contributed by atoms with Gasteiger partial charge in [-0.1, -0.05) is 0 Å². The molecule has 0 aliphatic carbocycles. The van der Waals surface area contributed by atoms with E-state index in [9.17, 15) is 26.4 Å². The van der Waals surface area contributed by atoms with Gasteiger partial charge in [0.1, 0.15) is 0 Å². The molecular formula is C14H22F3N3O3S. The van der Waals surface area contributed by atoms with Crippen LogP contribution in [0.5, 0.6) is 0 Å². The highest BCUT2D eigenvalue weighted by atomic mass is 32.2. The van der Waals surface area contributed by atoms with Gasteiger partial charge in [0.05, 0.1) is 11.8 Å². The molecule has 24 heavy (non-hydrogen) atoms. The quantitative estimate of drug-likeness (QED) is 0.747. The normalized spacial score (nSPS) is 28.1. The summed E-state index contributed by atoms with van der Waals surface area (Å²) < 4.78 is 64.7. The maximum Gasteiger partial charge on any atom is 0.394 e. The smallest absolute Gasteiger partial charge is 0.342 e. The largest absolute Gasteiger partial charge is 0.394 e. The first-order valence-corrected chi connectivity index (χ1v) is 9.70. The van der Waals surface area contributed by atoms with Crippen molar-refractivity contribution in [1.29, 1.82) is 0 Å². The molecule has 3 fully saturated rings. The molecule has 0 bridgehead atoms. The molecule has 3 rings (SSSR count). The van der Waals surface area contributed by atoms with Crippen LogP contribution in [0.25, 0.3) is 0 Å². The van der Waals surface area contributed by atoms with Gasteiger partial charge >= 0.3 is 6.18 Å². The lowest BCUT2D eigenvalue weighted by atomic mass is 9.98. The minimum absolute atomic E-state index is 0.0239. The molecule has 3 saturated heterocycles. The SMILES string of the molecule is O=C([C@H]1CCCN(S(=O)(=O)N2CC(C(F)(F)F)C2)C1)N1CCCC1. The summed E-state index contributed by atoms with van der Waals surface area (Å²) in [5.74, 6) is -1.99. The Kier molecular flexibility index (Phi) is 4.82. The molecule has 1 amide bonds. The first-order valence-electron chi connectivity index (χ1n) is 8.30. The second-order valence-electron chi connectivity index (χ2n) is 6.79. The van der Waals surface area contributed by atoms with E-state index in [0.29, 0.717) is 25.9 Å². The molecule has 10 heteroatoms. The molecule has 0 aromatic carbocycles. The summed E-state index contributed by atoms with van der Waals surface area (Å²) in [4.78, 5) is 14.2.